The summed E-state index contributed by atoms with van der Waals surface area (Å²) < 4.78 is 11.0. The molecule has 2 aromatic carbocycles. The van der Waals surface area contributed by atoms with E-state index in [4.69, 9.17) is 9.47 Å². The largest absolute Gasteiger partial charge is 0.508 e. The molecule has 4 rings (SSSR count). The quantitative estimate of drug-likeness (QED) is 0.404. The number of phenols is 1. The smallest absolute Gasteiger partial charge is 0.345 e. The summed E-state index contributed by atoms with van der Waals surface area (Å²) >= 11 is 0. The fourth-order valence-corrected chi connectivity index (χ4v) is 3.88. The van der Waals surface area contributed by atoms with E-state index < -0.39 is 5.69 Å². The van der Waals surface area contributed by atoms with Crippen molar-refractivity contribution in [3.8, 4) is 34.0 Å². The Morgan fingerprint density at radius 3 is 2.80 bits per heavy atom. The van der Waals surface area contributed by atoms with Gasteiger partial charge in [-0.25, -0.2) is 4.79 Å². The molecule has 1 saturated heterocycles. The van der Waals surface area contributed by atoms with Gasteiger partial charge in [0, 0.05) is 25.2 Å². The molecule has 184 valence electrons. The van der Waals surface area contributed by atoms with Gasteiger partial charge in [0.25, 0.3) is 5.91 Å². The second-order valence-electron chi connectivity index (χ2n) is 8.46. The normalized spacial score (nSPS) is 14.0. The van der Waals surface area contributed by atoms with Crippen molar-refractivity contribution in [2.75, 3.05) is 46.0 Å². The second kappa shape index (κ2) is 11.6. The number of hydrogen-bond acceptors (Lipinski definition) is 7. The zero-order chi connectivity index (χ0) is 24.6. The number of nitrogens with zero attached hydrogens (tertiary/aromatic N) is 2. The van der Waals surface area contributed by atoms with E-state index in [1.165, 1.54) is 0 Å². The fraction of sp³-hybridized carbons (Fsp3) is 0.346. The predicted molar refractivity (Wildman–Crippen MR) is 133 cm³/mol. The third-order valence-corrected chi connectivity index (χ3v) is 5.83. The van der Waals surface area contributed by atoms with Crippen LogP contribution in [0.5, 0.6) is 11.5 Å². The van der Waals surface area contributed by atoms with Gasteiger partial charge < -0.3 is 24.9 Å². The molecule has 0 bridgehead atoms. The Bertz CT molecular complexity index is 1220. The maximum absolute atomic E-state index is 12.2. The van der Waals surface area contributed by atoms with Crippen molar-refractivity contribution in [1.29, 1.82) is 0 Å². The minimum absolute atomic E-state index is 0.0954. The lowest BCUT2D eigenvalue weighted by Crippen LogP contribution is -2.38. The molecule has 1 fully saturated rings. The van der Waals surface area contributed by atoms with E-state index in [9.17, 15) is 14.7 Å². The van der Waals surface area contributed by atoms with Crippen LogP contribution < -0.4 is 15.7 Å². The SMILES string of the molecule is Cc1cc(-c2cc(-c3cccc(OCC(=O)NCCCN4CCOCC4)c3)nc(=O)[nH]2)ccc1O. The highest BCUT2D eigenvalue weighted by Gasteiger charge is 2.11. The van der Waals surface area contributed by atoms with E-state index in [2.05, 4.69) is 20.2 Å². The number of carbonyl (C=O) groups is 1. The average molecular weight is 479 g/mol. The van der Waals surface area contributed by atoms with Gasteiger partial charge in [0.15, 0.2) is 6.61 Å². The molecule has 9 heteroatoms. The topological polar surface area (TPSA) is 117 Å². The summed E-state index contributed by atoms with van der Waals surface area (Å²) in [5.74, 6) is 0.517. The lowest BCUT2D eigenvalue weighted by molar-refractivity contribution is -0.123. The van der Waals surface area contributed by atoms with Crippen LogP contribution in [0.15, 0.2) is 53.3 Å². The molecule has 1 amide bonds. The Morgan fingerprint density at radius 1 is 1.17 bits per heavy atom. The summed E-state index contributed by atoms with van der Waals surface area (Å²) in [5.41, 5.74) is 2.75. The van der Waals surface area contributed by atoms with Crippen molar-refractivity contribution in [1.82, 2.24) is 20.2 Å². The average Bonchev–Trinajstić information content (AvgIpc) is 2.87. The molecule has 35 heavy (non-hydrogen) atoms. The number of benzene rings is 2. The standard InChI is InChI=1S/C26H30N4O5/c1-18-14-20(6-7-24(18)31)23-16-22(28-26(33)29-23)19-4-2-5-21(15-19)35-17-25(32)27-8-3-9-30-10-12-34-13-11-30/h2,4-7,14-16,31H,3,8-13,17H2,1H3,(H,27,32)(H,28,29,33). The number of nitrogens with one attached hydrogen (secondary N) is 2. The minimum atomic E-state index is -0.481. The highest BCUT2D eigenvalue weighted by atomic mass is 16.5. The lowest BCUT2D eigenvalue weighted by Gasteiger charge is -2.26. The monoisotopic (exact) mass is 478 g/mol. The van der Waals surface area contributed by atoms with Crippen LogP contribution in [0.2, 0.25) is 0 Å². The van der Waals surface area contributed by atoms with Gasteiger partial charge in [-0.2, -0.15) is 4.98 Å². The Labute approximate surface area is 203 Å². The number of carbonyl (C=O) groups excluding carboxylic acids is 1. The van der Waals surface area contributed by atoms with Crippen LogP contribution in [0.3, 0.4) is 0 Å². The van der Waals surface area contributed by atoms with Crippen LogP contribution in [0.1, 0.15) is 12.0 Å². The Morgan fingerprint density at radius 2 is 2.00 bits per heavy atom. The highest BCUT2D eigenvalue weighted by molar-refractivity contribution is 5.77. The van der Waals surface area contributed by atoms with Crippen LogP contribution in [0.25, 0.3) is 22.5 Å². The number of aromatic nitrogens is 2. The molecule has 1 aliphatic heterocycles. The van der Waals surface area contributed by atoms with E-state index in [0.29, 0.717) is 34.8 Å². The number of rotatable bonds is 9. The Hall–Kier alpha value is -3.69. The van der Waals surface area contributed by atoms with Crippen LogP contribution in [0.4, 0.5) is 0 Å². The second-order valence-corrected chi connectivity index (χ2v) is 8.46. The van der Waals surface area contributed by atoms with Crippen molar-refractivity contribution in [2.24, 2.45) is 0 Å². The third-order valence-electron chi connectivity index (χ3n) is 5.83. The number of aromatic hydroxyl groups is 1. The van der Waals surface area contributed by atoms with Gasteiger partial charge in [0.2, 0.25) is 0 Å². The summed E-state index contributed by atoms with van der Waals surface area (Å²) in [6.07, 6.45) is 0.873. The van der Waals surface area contributed by atoms with Crippen molar-refractivity contribution in [2.45, 2.75) is 13.3 Å². The van der Waals surface area contributed by atoms with Crippen LogP contribution in [0, 0.1) is 6.92 Å². The van der Waals surface area contributed by atoms with Gasteiger partial charge in [-0.1, -0.05) is 12.1 Å². The molecule has 0 spiro atoms. The van der Waals surface area contributed by atoms with E-state index in [1.54, 1.807) is 49.4 Å². The first kappa shape index (κ1) is 24.4. The minimum Gasteiger partial charge on any atom is -0.508 e. The number of hydrogen-bond donors (Lipinski definition) is 3. The molecule has 1 aromatic heterocycles. The molecule has 0 unspecified atom stereocenters. The van der Waals surface area contributed by atoms with E-state index in [1.807, 2.05) is 6.07 Å². The van der Waals surface area contributed by atoms with E-state index >= 15 is 0 Å². The number of ether oxygens (including phenoxy) is 2. The zero-order valence-electron chi connectivity index (χ0n) is 19.8. The van der Waals surface area contributed by atoms with Crippen molar-refractivity contribution in [3.63, 3.8) is 0 Å². The molecular formula is C26H30N4O5. The van der Waals surface area contributed by atoms with Gasteiger partial charge in [0.1, 0.15) is 11.5 Å². The summed E-state index contributed by atoms with van der Waals surface area (Å²) in [6, 6.07) is 14.0. The highest BCUT2D eigenvalue weighted by Crippen LogP contribution is 2.27. The van der Waals surface area contributed by atoms with Crippen molar-refractivity contribution < 1.29 is 19.4 Å². The summed E-state index contributed by atoms with van der Waals surface area (Å²) in [7, 11) is 0. The molecule has 3 aromatic rings. The maximum Gasteiger partial charge on any atom is 0.345 e. The number of H-pyrrole nitrogens is 1. The van der Waals surface area contributed by atoms with Gasteiger partial charge in [-0.3, -0.25) is 9.69 Å². The summed E-state index contributed by atoms with van der Waals surface area (Å²) in [6.45, 7) is 6.63. The number of aromatic amines is 1. The molecule has 0 atom stereocenters. The third kappa shape index (κ3) is 6.91. The van der Waals surface area contributed by atoms with Gasteiger partial charge in [-0.15, -0.1) is 0 Å². The molecule has 0 aliphatic carbocycles. The first-order valence-electron chi connectivity index (χ1n) is 11.7. The molecular weight excluding hydrogens is 448 g/mol. The van der Waals surface area contributed by atoms with Crippen LogP contribution in [-0.4, -0.2) is 71.9 Å². The molecule has 1 aliphatic rings. The van der Waals surface area contributed by atoms with Crippen LogP contribution >= 0.6 is 0 Å². The van der Waals surface area contributed by atoms with Crippen molar-refractivity contribution >= 4 is 5.91 Å². The lowest BCUT2D eigenvalue weighted by atomic mass is 10.1. The Kier molecular flexibility index (Phi) is 8.12. The molecule has 3 N–H and O–H groups in total. The molecule has 0 saturated carbocycles. The maximum atomic E-state index is 12.2. The van der Waals surface area contributed by atoms with E-state index in [0.717, 1.165) is 44.8 Å². The number of morpholine rings is 1. The van der Waals surface area contributed by atoms with Gasteiger partial charge in [-0.05, 0) is 67.4 Å². The number of phenolic OH excluding ortho intramolecular Hbond substituents is 1. The van der Waals surface area contributed by atoms with Gasteiger partial charge in [0.05, 0.1) is 24.6 Å². The summed E-state index contributed by atoms with van der Waals surface area (Å²) in [5, 5.41) is 12.7. The molecule has 2 heterocycles. The number of amides is 1. The van der Waals surface area contributed by atoms with Crippen LogP contribution in [-0.2, 0) is 9.53 Å². The first-order chi connectivity index (χ1) is 17.0. The van der Waals surface area contributed by atoms with Gasteiger partial charge >= 0.3 is 5.69 Å². The Balaban J connectivity index is 1.34. The molecule has 9 nitrogen and oxygen atoms in total. The number of aryl methyl sites for hydroxylation is 1. The first-order valence-corrected chi connectivity index (χ1v) is 11.7. The predicted octanol–water partition coefficient (Wildman–Crippen LogP) is 2.34. The zero-order valence-corrected chi connectivity index (χ0v) is 19.8. The summed E-state index contributed by atoms with van der Waals surface area (Å²) in [4.78, 5) is 33.6. The fourth-order valence-electron chi connectivity index (χ4n) is 3.88. The van der Waals surface area contributed by atoms with Crippen molar-refractivity contribution in [3.05, 3.63) is 64.6 Å². The van der Waals surface area contributed by atoms with E-state index in [-0.39, 0.29) is 18.3 Å². The molecule has 0 radical (unpaired) electrons.